The molecule has 1 aromatic heterocycles. The zero-order valence-corrected chi connectivity index (χ0v) is 17.8. The fraction of sp³-hybridized carbons (Fsp3) is 0.750. The lowest BCUT2D eigenvalue weighted by atomic mass is 9.37. The maximum absolute atomic E-state index is 3.77. The molecule has 3 rings (SSSR count). The van der Waals surface area contributed by atoms with Crippen LogP contribution < -0.4 is 0 Å². The average molecular weight is 393 g/mol. The summed E-state index contributed by atoms with van der Waals surface area (Å²) in [6.45, 7) is 12.0. The van der Waals surface area contributed by atoms with E-state index in [4.69, 9.17) is 0 Å². The van der Waals surface area contributed by atoms with E-state index in [-0.39, 0.29) is 0 Å². The molecule has 2 aliphatic rings. The summed E-state index contributed by atoms with van der Waals surface area (Å²) in [5.74, 6) is 0. The predicted molar refractivity (Wildman–Crippen MR) is 110 cm³/mol. The average Bonchev–Trinajstić information content (AvgIpc) is 3.00. The summed E-state index contributed by atoms with van der Waals surface area (Å²) in [6, 6.07) is 3.05. The van der Waals surface area contributed by atoms with Gasteiger partial charge >= 0.3 is 6.42 Å². The molecule has 0 unspecified atom stereocenters. The minimum atomic E-state index is -0.695. The normalized spacial score (nSPS) is 24.2. The molecule has 0 saturated carbocycles. The Morgan fingerprint density at radius 3 is 2.46 bits per heavy atom. The van der Waals surface area contributed by atoms with Crippen molar-refractivity contribution in [1.29, 1.82) is 0 Å². The van der Waals surface area contributed by atoms with E-state index in [0.29, 0.717) is 11.5 Å². The van der Waals surface area contributed by atoms with Crippen LogP contribution in [0, 0.1) is 5.41 Å². The van der Waals surface area contributed by atoms with E-state index < -0.39 is 6.42 Å². The molecule has 4 heteroatoms. The summed E-state index contributed by atoms with van der Waals surface area (Å²) in [5, 5.41) is 0. The SMILES string of the molecule is CCCC[B-]1(CCCC)n2cc(Br)cc2C[C@H]2[N+]1=C(C)CC2(C)C. The molecule has 1 atom stereocenters. The molecule has 3 heterocycles. The summed E-state index contributed by atoms with van der Waals surface area (Å²) in [6.07, 6.45) is 12.0. The highest BCUT2D eigenvalue weighted by atomic mass is 79.9. The van der Waals surface area contributed by atoms with Crippen molar-refractivity contribution in [1.82, 2.24) is 4.48 Å². The zero-order chi connectivity index (χ0) is 17.5. The lowest BCUT2D eigenvalue weighted by Crippen LogP contribution is -2.63. The molecular formula is C20H34BBrN2. The van der Waals surface area contributed by atoms with Gasteiger partial charge in [0.1, 0.15) is 6.04 Å². The summed E-state index contributed by atoms with van der Waals surface area (Å²) in [7, 11) is 0. The van der Waals surface area contributed by atoms with Crippen molar-refractivity contribution in [2.45, 2.75) is 91.8 Å². The smallest absolute Gasteiger partial charge is 0.372 e. The van der Waals surface area contributed by atoms with Crippen molar-refractivity contribution in [3.8, 4) is 0 Å². The second-order valence-corrected chi connectivity index (χ2v) is 9.92. The molecule has 0 saturated heterocycles. The van der Waals surface area contributed by atoms with Gasteiger partial charge in [0.2, 0.25) is 0 Å². The van der Waals surface area contributed by atoms with Crippen LogP contribution in [0.2, 0.25) is 12.6 Å². The molecule has 24 heavy (non-hydrogen) atoms. The standard InChI is InChI=1S/C20H34BBrN2/c1-6-8-10-21(11-9-7-2)23-15-17(22)12-18(23)13-19-20(4,5)14-16(3)24(19)21/h12,15,19H,6-11,13-14H2,1-5H3/t19-/m1/s1. The van der Waals surface area contributed by atoms with E-state index in [1.807, 2.05) is 0 Å². The molecule has 0 aromatic carbocycles. The Kier molecular flexibility index (Phi) is 5.08. The summed E-state index contributed by atoms with van der Waals surface area (Å²) in [5.41, 5.74) is 3.57. The number of aromatic nitrogens is 1. The second kappa shape index (κ2) is 6.66. The summed E-state index contributed by atoms with van der Waals surface area (Å²) < 4.78 is 6.88. The van der Waals surface area contributed by atoms with Gasteiger partial charge in [0.15, 0.2) is 0 Å². The predicted octanol–water partition coefficient (Wildman–Crippen LogP) is 5.97. The van der Waals surface area contributed by atoms with Crippen LogP contribution in [0.25, 0.3) is 0 Å². The van der Waals surface area contributed by atoms with Crippen LogP contribution in [-0.2, 0) is 6.42 Å². The third kappa shape index (κ3) is 2.83. The number of unbranched alkanes of at least 4 members (excludes halogenated alkanes) is 2. The topological polar surface area (TPSA) is 7.94 Å². The van der Waals surface area contributed by atoms with Gasteiger partial charge in [-0.15, -0.1) is 0 Å². The van der Waals surface area contributed by atoms with E-state index in [9.17, 15) is 0 Å². The van der Waals surface area contributed by atoms with E-state index in [2.05, 4.69) is 71.8 Å². The molecule has 2 nitrogen and oxygen atoms in total. The molecular weight excluding hydrogens is 359 g/mol. The lowest BCUT2D eigenvalue weighted by Gasteiger charge is -2.48. The highest BCUT2D eigenvalue weighted by molar-refractivity contribution is 9.10. The Bertz CT molecular complexity index is 636. The minimum absolute atomic E-state index is 0.386. The van der Waals surface area contributed by atoms with Crippen molar-refractivity contribution in [3.05, 3.63) is 22.4 Å². The fourth-order valence-electron chi connectivity index (χ4n) is 5.82. The van der Waals surface area contributed by atoms with Gasteiger partial charge in [-0.1, -0.05) is 66.0 Å². The lowest BCUT2D eigenvalue weighted by molar-refractivity contribution is -0.463. The van der Waals surface area contributed by atoms with Crippen LogP contribution >= 0.6 is 15.9 Å². The van der Waals surface area contributed by atoms with Crippen LogP contribution in [0.1, 0.15) is 72.4 Å². The molecule has 0 spiro atoms. The Balaban J connectivity index is 2.18. The Hall–Kier alpha value is -0.505. The largest absolute Gasteiger partial charge is 0.464 e. The van der Waals surface area contributed by atoms with E-state index in [1.165, 1.54) is 55.6 Å². The third-order valence-corrected chi connectivity index (χ3v) is 7.20. The van der Waals surface area contributed by atoms with Gasteiger partial charge in [-0.05, 0) is 33.9 Å². The maximum atomic E-state index is 3.77. The highest BCUT2D eigenvalue weighted by Gasteiger charge is 2.55. The van der Waals surface area contributed by atoms with Crippen molar-refractivity contribution in [2.75, 3.05) is 0 Å². The molecule has 0 N–H and O–H groups in total. The monoisotopic (exact) mass is 392 g/mol. The first-order valence-electron chi connectivity index (χ1n) is 10.0. The van der Waals surface area contributed by atoms with E-state index >= 15 is 0 Å². The van der Waals surface area contributed by atoms with E-state index in [1.54, 1.807) is 11.4 Å². The first kappa shape index (κ1) is 18.3. The Labute approximate surface area is 156 Å². The Morgan fingerprint density at radius 2 is 1.88 bits per heavy atom. The van der Waals surface area contributed by atoms with Crippen LogP contribution in [0.5, 0.6) is 0 Å². The number of fused-ring (bicyclic) bond motifs is 2. The van der Waals surface area contributed by atoms with Gasteiger partial charge in [-0.2, -0.15) is 0 Å². The maximum Gasteiger partial charge on any atom is 0.372 e. The van der Waals surface area contributed by atoms with Crippen molar-refractivity contribution in [3.63, 3.8) is 0 Å². The van der Waals surface area contributed by atoms with Crippen molar-refractivity contribution >= 4 is 28.1 Å². The van der Waals surface area contributed by atoms with Crippen LogP contribution in [-0.4, -0.2) is 27.1 Å². The number of rotatable bonds is 6. The second-order valence-electron chi connectivity index (χ2n) is 9.00. The number of halogens is 1. The van der Waals surface area contributed by atoms with Crippen molar-refractivity contribution < 1.29 is 4.49 Å². The molecule has 0 radical (unpaired) electrons. The molecule has 134 valence electrons. The molecule has 0 aliphatic carbocycles. The van der Waals surface area contributed by atoms with Crippen molar-refractivity contribution in [2.24, 2.45) is 5.41 Å². The minimum Gasteiger partial charge on any atom is -0.464 e. The molecule has 2 aliphatic heterocycles. The molecule has 0 fully saturated rings. The highest BCUT2D eigenvalue weighted by Crippen LogP contribution is 2.45. The number of hydrogen-bond donors (Lipinski definition) is 0. The fourth-order valence-corrected chi connectivity index (χ4v) is 6.31. The Morgan fingerprint density at radius 1 is 1.25 bits per heavy atom. The summed E-state index contributed by atoms with van der Waals surface area (Å²) in [4.78, 5) is 0. The quantitative estimate of drug-likeness (QED) is 0.527. The van der Waals surface area contributed by atoms with E-state index in [0.717, 1.165) is 0 Å². The van der Waals surface area contributed by atoms with Crippen LogP contribution in [0.4, 0.5) is 0 Å². The van der Waals surface area contributed by atoms with Gasteiger partial charge < -0.3 is 8.96 Å². The first-order valence-corrected chi connectivity index (χ1v) is 10.8. The number of hydrogen-bond acceptors (Lipinski definition) is 0. The van der Waals surface area contributed by atoms with Gasteiger partial charge in [-0.25, -0.2) is 0 Å². The van der Waals surface area contributed by atoms with Gasteiger partial charge in [0.25, 0.3) is 0 Å². The van der Waals surface area contributed by atoms with Crippen LogP contribution in [0.3, 0.4) is 0 Å². The number of nitrogens with zero attached hydrogens (tertiary/aromatic N) is 2. The van der Waals surface area contributed by atoms with Gasteiger partial charge in [0, 0.05) is 29.7 Å². The first-order chi connectivity index (χ1) is 11.4. The summed E-state index contributed by atoms with van der Waals surface area (Å²) >= 11 is 3.77. The third-order valence-electron chi connectivity index (χ3n) is 6.77. The zero-order valence-electron chi connectivity index (χ0n) is 16.2. The van der Waals surface area contributed by atoms with Crippen LogP contribution in [0.15, 0.2) is 16.7 Å². The molecule has 0 bridgehead atoms. The van der Waals surface area contributed by atoms with Gasteiger partial charge in [-0.3, -0.25) is 0 Å². The molecule has 0 amide bonds. The molecule has 1 aromatic rings. The van der Waals surface area contributed by atoms with Gasteiger partial charge in [0.05, 0.1) is 5.71 Å².